The summed E-state index contributed by atoms with van der Waals surface area (Å²) in [6.45, 7) is 2.04. The van der Waals surface area contributed by atoms with Crippen LogP contribution in [0.5, 0.6) is 0 Å². The van der Waals surface area contributed by atoms with Gasteiger partial charge in [-0.05, 0) is 37.4 Å². The highest BCUT2D eigenvalue weighted by Crippen LogP contribution is 2.25. The van der Waals surface area contributed by atoms with E-state index in [1.165, 1.54) is 10.8 Å². The molecule has 7 heteroatoms. The van der Waals surface area contributed by atoms with E-state index in [1.54, 1.807) is 6.20 Å². The fourth-order valence-corrected chi connectivity index (χ4v) is 3.14. The van der Waals surface area contributed by atoms with Crippen LogP contribution in [0.15, 0.2) is 18.5 Å². The lowest BCUT2D eigenvalue weighted by atomic mass is 9.93. The van der Waals surface area contributed by atoms with Gasteiger partial charge < -0.3 is 5.32 Å². The molecule has 1 aromatic heterocycles. The molecular weight excluding hydrogens is 252 g/mol. The molecule has 18 heavy (non-hydrogen) atoms. The molecule has 0 radical (unpaired) electrons. The summed E-state index contributed by atoms with van der Waals surface area (Å²) in [6, 6.07) is 0. The lowest BCUT2D eigenvalue weighted by Gasteiger charge is -2.21. The lowest BCUT2D eigenvalue weighted by Crippen LogP contribution is -2.26. The van der Waals surface area contributed by atoms with Crippen molar-refractivity contribution in [3.63, 3.8) is 0 Å². The highest BCUT2D eigenvalue weighted by atomic mass is 32.2. The predicted octanol–water partition coefficient (Wildman–Crippen LogP) is -0.0580. The summed E-state index contributed by atoms with van der Waals surface area (Å²) in [6.07, 6.45) is 7.18. The molecule has 1 aromatic rings. The maximum atomic E-state index is 11.6. The van der Waals surface area contributed by atoms with Crippen molar-refractivity contribution in [2.75, 3.05) is 13.1 Å². The second kappa shape index (κ2) is 4.66. The van der Waals surface area contributed by atoms with Crippen molar-refractivity contribution in [1.82, 2.24) is 19.8 Å². The van der Waals surface area contributed by atoms with E-state index < -0.39 is 11.0 Å². The summed E-state index contributed by atoms with van der Waals surface area (Å²) in [7, 11) is -1.48. The predicted molar refractivity (Wildman–Crippen MR) is 67.6 cm³/mol. The Morgan fingerprint density at radius 2 is 2.17 bits per heavy atom. The number of nitrogens with one attached hydrogen (secondary N) is 2. The van der Waals surface area contributed by atoms with Crippen molar-refractivity contribution >= 4 is 21.9 Å². The molecule has 96 valence electrons. The number of carbonyl (C=O) groups excluding carboxylic acids is 1. The Hall–Kier alpha value is -1.47. The Bertz CT molecular complexity index is 531. The Kier molecular flexibility index (Phi) is 3.00. The maximum Gasteiger partial charge on any atom is 0.258 e. The molecule has 0 aromatic carbocycles. The monoisotopic (exact) mass is 266 g/mol. The molecule has 3 rings (SSSR count). The summed E-state index contributed by atoms with van der Waals surface area (Å²) >= 11 is 0. The van der Waals surface area contributed by atoms with E-state index in [9.17, 15) is 9.00 Å². The number of piperidine rings is 1. The fraction of sp³-hybridized carbons (Fsp3) is 0.455. The Balaban J connectivity index is 1.83. The van der Waals surface area contributed by atoms with Crippen LogP contribution in [0.2, 0.25) is 0 Å². The van der Waals surface area contributed by atoms with Gasteiger partial charge >= 0.3 is 0 Å². The molecule has 1 atom stereocenters. The Morgan fingerprint density at radius 1 is 1.39 bits per heavy atom. The van der Waals surface area contributed by atoms with Crippen molar-refractivity contribution in [3.05, 3.63) is 24.0 Å². The van der Waals surface area contributed by atoms with E-state index in [0.717, 1.165) is 31.5 Å². The first-order chi connectivity index (χ1) is 8.74. The highest BCUT2D eigenvalue weighted by Gasteiger charge is 2.23. The number of carbonyl (C=O) groups is 1. The molecule has 0 saturated carbocycles. The average Bonchev–Trinajstić information content (AvgIpc) is 2.97. The SMILES string of the molecule is O=C1C=C(n2cc(C3CCNCC3)cn2)S(=O)N1. The minimum Gasteiger partial charge on any atom is -0.317 e. The number of aromatic nitrogens is 2. The third kappa shape index (κ3) is 2.11. The molecule has 1 unspecified atom stereocenters. The second-order valence-electron chi connectivity index (χ2n) is 4.46. The van der Waals surface area contributed by atoms with Gasteiger partial charge in [0.15, 0.2) is 16.0 Å². The van der Waals surface area contributed by atoms with E-state index in [1.807, 2.05) is 6.20 Å². The summed E-state index contributed by atoms with van der Waals surface area (Å²) in [4.78, 5) is 11.1. The topological polar surface area (TPSA) is 76.0 Å². The quantitative estimate of drug-likeness (QED) is 0.786. The first kappa shape index (κ1) is 11.6. The van der Waals surface area contributed by atoms with Crippen LogP contribution in [0.3, 0.4) is 0 Å². The van der Waals surface area contributed by atoms with Crippen LogP contribution in [-0.4, -0.2) is 33.0 Å². The molecule has 1 amide bonds. The fourth-order valence-electron chi connectivity index (χ4n) is 2.31. The molecule has 0 bridgehead atoms. The van der Waals surface area contributed by atoms with Crippen LogP contribution in [-0.2, 0) is 15.8 Å². The van der Waals surface area contributed by atoms with E-state index in [2.05, 4.69) is 15.1 Å². The first-order valence-corrected chi connectivity index (χ1v) is 7.09. The molecule has 6 nitrogen and oxygen atoms in total. The van der Waals surface area contributed by atoms with Crippen molar-refractivity contribution in [1.29, 1.82) is 0 Å². The van der Waals surface area contributed by atoms with Crippen LogP contribution in [0, 0.1) is 0 Å². The van der Waals surface area contributed by atoms with Gasteiger partial charge in [0.1, 0.15) is 0 Å². The van der Waals surface area contributed by atoms with Gasteiger partial charge in [-0.3, -0.25) is 9.52 Å². The van der Waals surface area contributed by atoms with E-state index in [4.69, 9.17) is 0 Å². The normalized spacial score (nSPS) is 25.0. The highest BCUT2D eigenvalue weighted by molar-refractivity contribution is 7.93. The smallest absolute Gasteiger partial charge is 0.258 e. The van der Waals surface area contributed by atoms with Crippen LogP contribution >= 0.6 is 0 Å². The van der Waals surface area contributed by atoms with Gasteiger partial charge in [-0.2, -0.15) is 5.10 Å². The number of amides is 1. The van der Waals surface area contributed by atoms with Crippen LogP contribution in [0.4, 0.5) is 0 Å². The van der Waals surface area contributed by atoms with Crippen molar-refractivity contribution < 1.29 is 9.00 Å². The van der Waals surface area contributed by atoms with Gasteiger partial charge in [0.2, 0.25) is 0 Å². The van der Waals surface area contributed by atoms with Crippen LogP contribution in [0.1, 0.15) is 24.3 Å². The number of hydrogen-bond acceptors (Lipinski definition) is 4. The standard InChI is InChI=1S/C11H14N4O2S/c16-10-5-11(18(17)14-10)15-7-9(6-13-15)8-1-3-12-4-2-8/h5-8,12H,1-4H2,(H,14,16). The van der Waals surface area contributed by atoms with Crippen LogP contribution < -0.4 is 10.0 Å². The minimum absolute atomic E-state index is 0.331. The summed E-state index contributed by atoms with van der Waals surface area (Å²) in [5.74, 6) is 0.168. The summed E-state index contributed by atoms with van der Waals surface area (Å²) in [5.41, 5.74) is 1.15. The van der Waals surface area contributed by atoms with Crippen molar-refractivity contribution in [3.8, 4) is 0 Å². The molecule has 2 aliphatic rings. The minimum atomic E-state index is -1.48. The lowest BCUT2D eigenvalue weighted by molar-refractivity contribution is -0.114. The third-order valence-electron chi connectivity index (χ3n) is 3.28. The number of rotatable bonds is 2. The molecule has 2 N–H and O–H groups in total. The number of nitrogens with zero attached hydrogens (tertiary/aromatic N) is 2. The largest absolute Gasteiger partial charge is 0.317 e. The molecule has 3 heterocycles. The molecule has 0 spiro atoms. The van der Waals surface area contributed by atoms with Gasteiger partial charge in [0, 0.05) is 12.3 Å². The molecule has 1 saturated heterocycles. The van der Waals surface area contributed by atoms with Crippen molar-refractivity contribution in [2.45, 2.75) is 18.8 Å². The average molecular weight is 266 g/mol. The Morgan fingerprint density at radius 3 is 2.83 bits per heavy atom. The Labute approximate surface area is 107 Å². The van der Waals surface area contributed by atoms with Gasteiger partial charge in [-0.1, -0.05) is 0 Å². The summed E-state index contributed by atoms with van der Waals surface area (Å²) < 4.78 is 15.5. The third-order valence-corrected chi connectivity index (χ3v) is 4.35. The van der Waals surface area contributed by atoms with Crippen molar-refractivity contribution in [2.24, 2.45) is 0 Å². The molecule has 0 aliphatic carbocycles. The van der Waals surface area contributed by atoms with E-state index in [-0.39, 0.29) is 5.91 Å². The second-order valence-corrected chi connectivity index (χ2v) is 5.62. The molecule has 2 aliphatic heterocycles. The van der Waals surface area contributed by atoms with E-state index in [0.29, 0.717) is 10.9 Å². The van der Waals surface area contributed by atoms with Gasteiger partial charge in [0.05, 0.1) is 6.20 Å². The molecule has 1 fully saturated rings. The van der Waals surface area contributed by atoms with E-state index >= 15 is 0 Å². The van der Waals surface area contributed by atoms with Gasteiger partial charge in [0.25, 0.3) is 5.91 Å². The van der Waals surface area contributed by atoms with Crippen LogP contribution in [0.25, 0.3) is 5.03 Å². The van der Waals surface area contributed by atoms with Gasteiger partial charge in [-0.25, -0.2) is 8.89 Å². The zero-order valence-electron chi connectivity index (χ0n) is 9.76. The van der Waals surface area contributed by atoms with Gasteiger partial charge in [-0.15, -0.1) is 0 Å². The molecular formula is C11H14N4O2S. The zero-order valence-corrected chi connectivity index (χ0v) is 10.6. The maximum absolute atomic E-state index is 11.6. The number of hydrogen-bond donors (Lipinski definition) is 2. The summed E-state index contributed by atoms with van der Waals surface area (Å²) in [5, 5.41) is 7.92. The first-order valence-electron chi connectivity index (χ1n) is 5.94. The zero-order chi connectivity index (χ0) is 12.5.